The molecule has 3 N–H and O–H groups in total. The van der Waals surface area contributed by atoms with Crippen molar-refractivity contribution in [3.05, 3.63) is 46.7 Å². The second kappa shape index (κ2) is 5.75. The van der Waals surface area contributed by atoms with Crippen LogP contribution in [0.4, 0.5) is 5.69 Å². The number of aryl methyl sites for hydroxylation is 1. The molecule has 0 spiro atoms. The summed E-state index contributed by atoms with van der Waals surface area (Å²) in [6.45, 7) is 3.53. The molecule has 0 bridgehead atoms. The molecule has 1 aromatic carbocycles. The first-order chi connectivity index (χ1) is 9.10. The largest absolute Gasteiger partial charge is 0.381 e. The molecular formula is C13H15ClN4O. The summed E-state index contributed by atoms with van der Waals surface area (Å²) in [6.07, 6.45) is 3.79. The van der Waals surface area contributed by atoms with Crippen molar-refractivity contribution in [1.29, 1.82) is 0 Å². The van der Waals surface area contributed by atoms with Gasteiger partial charge < -0.3 is 11.1 Å². The number of amides is 1. The summed E-state index contributed by atoms with van der Waals surface area (Å²) in [5.41, 5.74) is 7.43. The van der Waals surface area contributed by atoms with Crippen LogP contribution in [0.15, 0.2) is 30.6 Å². The van der Waals surface area contributed by atoms with E-state index in [1.54, 1.807) is 18.2 Å². The van der Waals surface area contributed by atoms with Crippen molar-refractivity contribution < 1.29 is 4.79 Å². The normalized spacial score (nSPS) is 10.4. The molecule has 2 aromatic rings. The number of anilines is 1. The van der Waals surface area contributed by atoms with E-state index < -0.39 is 5.91 Å². The molecule has 6 heteroatoms. The lowest BCUT2D eigenvalue weighted by Crippen LogP contribution is -2.11. The second-order valence-electron chi connectivity index (χ2n) is 4.12. The van der Waals surface area contributed by atoms with Crippen LogP contribution < -0.4 is 11.1 Å². The van der Waals surface area contributed by atoms with Crippen LogP contribution in [0.5, 0.6) is 0 Å². The van der Waals surface area contributed by atoms with Gasteiger partial charge in [0, 0.05) is 30.5 Å². The number of aromatic nitrogens is 2. The molecule has 0 saturated heterocycles. The van der Waals surface area contributed by atoms with E-state index in [0.717, 1.165) is 17.8 Å². The standard InChI is InChI=1S/C13H15ClN4O/c1-2-18-8-9(7-17-18)6-16-10-3-4-11(13(15)19)12(14)5-10/h3-5,7-8,16H,2,6H2,1H3,(H2,15,19). The van der Waals surface area contributed by atoms with Crippen molar-refractivity contribution in [2.45, 2.75) is 20.0 Å². The van der Waals surface area contributed by atoms with Gasteiger partial charge in [0.2, 0.25) is 5.91 Å². The number of carbonyl (C=O) groups is 1. The average molecular weight is 279 g/mol. The van der Waals surface area contributed by atoms with Crippen LogP contribution in [0.3, 0.4) is 0 Å². The van der Waals surface area contributed by atoms with E-state index in [-0.39, 0.29) is 0 Å². The third kappa shape index (κ3) is 3.26. The molecule has 0 atom stereocenters. The van der Waals surface area contributed by atoms with Crippen LogP contribution in [0.1, 0.15) is 22.8 Å². The minimum atomic E-state index is -0.527. The summed E-state index contributed by atoms with van der Waals surface area (Å²) in [5, 5.41) is 7.76. The molecule has 0 fully saturated rings. The molecule has 1 aromatic heterocycles. The number of nitrogens with one attached hydrogen (secondary N) is 1. The number of rotatable bonds is 5. The Labute approximate surface area is 116 Å². The number of carbonyl (C=O) groups excluding carboxylic acids is 1. The van der Waals surface area contributed by atoms with Gasteiger partial charge in [0.1, 0.15) is 0 Å². The van der Waals surface area contributed by atoms with Crippen LogP contribution in [0, 0.1) is 0 Å². The van der Waals surface area contributed by atoms with Crippen molar-refractivity contribution in [1.82, 2.24) is 9.78 Å². The Morgan fingerprint density at radius 3 is 2.89 bits per heavy atom. The summed E-state index contributed by atoms with van der Waals surface area (Å²) in [7, 11) is 0. The Morgan fingerprint density at radius 2 is 2.32 bits per heavy atom. The van der Waals surface area contributed by atoms with Crippen LogP contribution in [-0.2, 0) is 13.1 Å². The Hall–Kier alpha value is -2.01. The van der Waals surface area contributed by atoms with Gasteiger partial charge in [-0.3, -0.25) is 9.48 Å². The molecule has 0 radical (unpaired) electrons. The maximum Gasteiger partial charge on any atom is 0.250 e. The SMILES string of the molecule is CCn1cc(CNc2ccc(C(N)=O)c(Cl)c2)cn1. The number of hydrogen-bond donors (Lipinski definition) is 2. The van der Waals surface area contributed by atoms with Gasteiger partial charge in [-0.05, 0) is 25.1 Å². The monoisotopic (exact) mass is 278 g/mol. The molecule has 100 valence electrons. The lowest BCUT2D eigenvalue weighted by molar-refractivity contribution is 0.100. The minimum Gasteiger partial charge on any atom is -0.381 e. The minimum absolute atomic E-state index is 0.325. The Bertz CT molecular complexity index is 594. The molecule has 0 unspecified atom stereocenters. The lowest BCUT2D eigenvalue weighted by atomic mass is 10.2. The van der Waals surface area contributed by atoms with Crippen molar-refractivity contribution in [3.8, 4) is 0 Å². The second-order valence-corrected chi connectivity index (χ2v) is 4.52. The molecular weight excluding hydrogens is 264 g/mol. The number of benzene rings is 1. The average Bonchev–Trinajstić information content (AvgIpc) is 2.84. The zero-order valence-corrected chi connectivity index (χ0v) is 11.3. The van der Waals surface area contributed by atoms with Crippen molar-refractivity contribution in [3.63, 3.8) is 0 Å². The summed E-state index contributed by atoms with van der Waals surface area (Å²) in [6, 6.07) is 5.07. The number of nitrogens with zero attached hydrogens (tertiary/aromatic N) is 2. The highest BCUT2D eigenvalue weighted by atomic mass is 35.5. The molecule has 2 rings (SSSR count). The summed E-state index contributed by atoms with van der Waals surface area (Å²) in [4.78, 5) is 11.1. The molecule has 0 aliphatic carbocycles. The van der Waals surface area contributed by atoms with Gasteiger partial charge in [-0.25, -0.2) is 0 Å². The highest BCUT2D eigenvalue weighted by molar-refractivity contribution is 6.34. The number of primary amides is 1. The van der Waals surface area contributed by atoms with Gasteiger partial charge in [-0.1, -0.05) is 11.6 Å². The highest BCUT2D eigenvalue weighted by Crippen LogP contribution is 2.21. The first-order valence-corrected chi connectivity index (χ1v) is 6.32. The fourth-order valence-corrected chi connectivity index (χ4v) is 1.97. The molecule has 0 saturated carbocycles. The first-order valence-electron chi connectivity index (χ1n) is 5.94. The highest BCUT2D eigenvalue weighted by Gasteiger charge is 2.07. The van der Waals surface area contributed by atoms with Gasteiger partial charge in [-0.2, -0.15) is 5.10 Å². The molecule has 1 amide bonds. The van der Waals surface area contributed by atoms with E-state index in [4.69, 9.17) is 17.3 Å². The summed E-state index contributed by atoms with van der Waals surface area (Å²) < 4.78 is 1.86. The molecule has 0 aliphatic rings. The van der Waals surface area contributed by atoms with Gasteiger partial charge in [0.25, 0.3) is 0 Å². The molecule has 5 nitrogen and oxygen atoms in total. The fraction of sp³-hybridized carbons (Fsp3) is 0.231. The molecule has 1 heterocycles. The number of hydrogen-bond acceptors (Lipinski definition) is 3. The lowest BCUT2D eigenvalue weighted by Gasteiger charge is -2.07. The number of halogens is 1. The zero-order chi connectivity index (χ0) is 13.8. The predicted octanol–water partition coefficient (Wildman–Crippen LogP) is 2.27. The van der Waals surface area contributed by atoms with Gasteiger partial charge in [0.05, 0.1) is 16.8 Å². The third-order valence-electron chi connectivity index (χ3n) is 2.74. The van der Waals surface area contributed by atoms with Gasteiger partial charge >= 0.3 is 0 Å². The van der Waals surface area contributed by atoms with Gasteiger partial charge in [-0.15, -0.1) is 0 Å². The maximum atomic E-state index is 11.1. The van der Waals surface area contributed by atoms with Crippen LogP contribution in [0.25, 0.3) is 0 Å². The Morgan fingerprint density at radius 1 is 1.53 bits per heavy atom. The van der Waals surface area contributed by atoms with E-state index in [9.17, 15) is 4.79 Å². The summed E-state index contributed by atoms with van der Waals surface area (Å²) in [5.74, 6) is -0.527. The fourth-order valence-electron chi connectivity index (χ4n) is 1.70. The topological polar surface area (TPSA) is 72.9 Å². The molecule has 19 heavy (non-hydrogen) atoms. The smallest absolute Gasteiger partial charge is 0.250 e. The summed E-state index contributed by atoms with van der Waals surface area (Å²) >= 11 is 5.98. The third-order valence-corrected chi connectivity index (χ3v) is 3.05. The van der Waals surface area contributed by atoms with E-state index in [1.807, 2.05) is 24.0 Å². The van der Waals surface area contributed by atoms with Crippen molar-refractivity contribution in [2.24, 2.45) is 5.73 Å². The maximum absolute atomic E-state index is 11.1. The van der Waals surface area contributed by atoms with Crippen molar-refractivity contribution in [2.75, 3.05) is 5.32 Å². The van der Waals surface area contributed by atoms with E-state index >= 15 is 0 Å². The number of nitrogens with two attached hydrogens (primary N) is 1. The first kappa shape index (κ1) is 13.4. The Kier molecular flexibility index (Phi) is 4.06. The van der Waals surface area contributed by atoms with Gasteiger partial charge in [0.15, 0.2) is 0 Å². The predicted molar refractivity (Wildman–Crippen MR) is 75.2 cm³/mol. The van der Waals surface area contributed by atoms with E-state index in [1.165, 1.54) is 0 Å². The van der Waals surface area contributed by atoms with Crippen LogP contribution in [0.2, 0.25) is 5.02 Å². The zero-order valence-electron chi connectivity index (χ0n) is 10.6. The van der Waals surface area contributed by atoms with E-state index in [2.05, 4.69) is 10.4 Å². The van der Waals surface area contributed by atoms with Crippen LogP contribution >= 0.6 is 11.6 Å². The Balaban J connectivity index is 2.03. The van der Waals surface area contributed by atoms with E-state index in [0.29, 0.717) is 17.1 Å². The quantitative estimate of drug-likeness (QED) is 0.881. The van der Waals surface area contributed by atoms with Crippen molar-refractivity contribution >= 4 is 23.2 Å². The molecule has 0 aliphatic heterocycles. The van der Waals surface area contributed by atoms with Crippen LogP contribution in [-0.4, -0.2) is 15.7 Å².